The normalized spacial score (nSPS) is 11.9. The van der Waals surface area contributed by atoms with Crippen molar-refractivity contribution >= 4 is 22.4 Å². The van der Waals surface area contributed by atoms with E-state index in [1.54, 1.807) is 6.07 Å². The number of nitrogen functional groups attached to an aromatic ring is 1. The van der Waals surface area contributed by atoms with Crippen LogP contribution in [0.3, 0.4) is 0 Å². The molecule has 21 heavy (non-hydrogen) atoms. The molecule has 7 nitrogen and oxygen atoms in total. The molecule has 2 heterocycles. The van der Waals surface area contributed by atoms with Crippen molar-refractivity contribution in [2.24, 2.45) is 5.92 Å². The maximum atomic E-state index is 12.3. The number of nitrogens with zero attached hydrogens (tertiary/aromatic N) is 3. The summed E-state index contributed by atoms with van der Waals surface area (Å²) < 4.78 is 0. The number of amides is 1. The maximum Gasteiger partial charge on any atom is 0.272 e. The number of carbonyl (C=O) groups is 1. The van der Waals surface area contributed by atoms with Crippen LogP contribution in [0.1, 0.15) is 48.9 Å². The van der Waals surface area contributed by atoms with Gasteiger partial charge >= 0.3 is 0 Å². The largest absolute Gasteiger partial charge is 0.374 e. The quantitative estimate of drug-likeness (QED) is 0.779. The number of H-pyrrole nitrogens is 1. The van der Waals surface area contributed by atoms with Crippen LogP contribution in [0.2, 0.25) is 0 Å². The van der Waals surface area contributed by atoms with E-state index in [0.717, 1.165) is 12.1 Å². The van der Waals surface area contributed by atoms with Crippen molar-refractivity contribution in [3.8, 4) is 0 Å². The highest BCUT2D eigenvalue weighted by molar-refractivity contribution is 7.15. The zero-order valence-corrected chi connectivity index (χ0v) is 13.4. The second kappa shape index (κ2) is 5.80. The van der Waals surface area contributed by atoms with Crippen molar-refractivity contribution in [2.45, 2.75) is 39.7 Å². The number of carbonyl (C=O) groups excluding carboxylic acids is 1. The Kier molecular flexibility index (Phi) is 4.26. The molecule has 0 saturated carbocycles. The molecule has 2 aromatic heterocycles. The molecule has 0 unspecified atom stereocenters. The third-order valence-electron chi connectivity index (χ3n) is 2.89. The van der Waals surface area contributed by atoms with E-state index in [1.165, 1.54) is 11.3 Å². The molecule has 114 valence electrons. The Morgan fingerprint density at radius 3 is 2.76 bits per heavy atom. The Morgan fingerprint density at radius 1 is 1.48 bits per heavy atom. The van der Waals surface area contributed by atoms with Gasteiger partial charge in [0.25, 0.3) is 5.91 Å². The summed E-state index contributed by atoms with van der Waals surface area (Å²) in [5.41, 5.74) is 6.26. The fraction of sp³-hybridized carbons (Fsp3) is 0.538. The molecule has 0 radical (unpaired) electrons. The van der Waals surface area contributed by atoms with Crippen LogP contribution in [-0.2, 0) is 12.0 Å². The molecule has 0 fully saturated rings. The fourth-order valence-corrected chi connectivity index (χ4v) is 2.58. The minimum Gasteiger partial charge on any atom is -0.374 e. The van der Waals surface area contributed by atoms with Gasteiger partial charge in [0.05, 0.1) is 5.54 Å². The van der Waals surface area contributed by atoms with E-state index in [0.29, 0.717) is 21.8 Å². The van der Waals surface area contributed by atoms with Crippen LogP contribution in [0.15, 0.2) is 6.07 Å². The van der Waals surface area contributed by atoms with Crippen LogP contribution >= 0.6 is 11.3 Å². The van der Waals surface area contributed by atoms with Gasteiger partial charge in [0.15, 0.2) is 0 Å². The number of nitrogens with two attached hydrogens (primary N) is 1. The molecular formula is C13H20N6OS. The topological polar surface area (TPSA) is 110 Å². The molecular weight excluding hydrogens is 288 g/mol. The Bertz CT molecular complexity index is 630. The third-order valence-corrected chi connectivity index (χ3v) is 3.97. The highest BCUT2D eigenvalue weighted by atomic mass is 32.1. The zero-order valence-electron chi connectivity index (χ0n) is 12.6. The SMILES string of the molecule is CC(C)Cc1cc(C(=O)NC(C)(C)c2nnc(N)s2)n[nH]1. The summed E-state index contributed by atoms with van der Waals surface area (Å²) >= 11 is 1.26. The van der Waals surface area contributed by atoms with Gasteiger partial charge < -0.3 is 11.1 Å². The van der Waals surface area contributed by atoms with E-state index < -0.39 is 5.54 Å². The molecule has 8 heteroatoms. The minimum atomic E-state index is -0.649. The van der Waals surface area contributed by atoms with Gasteiger partial charge in [0.2, 0.25) is 5.13 Å². The molecule has 1 amide bonds. The number of nitrogens with one attached hydrogen (secondary N) is 2. The van der Waals surface area contributed by atoms with Gasteiger partial charge in [-0.2, -0.15) is 5.10 Å². The van der Waals surface area contributed by atoms with Crippen molar-refractivity contribution in [1.29, 1.82) is 0 Å². The number of hydrogen-bond acceptors (Lipinski definition) is 6. The summed E-state index contributed by atoms with van der Waals surface area (Å²) in [6, 6.07) is 1.78. The molecule has 4 N–H and O–H groups in total. The van der Waals surface area contributed by atoms with Gasteiger partial charge in [-0.05, 0) is 32.3 Å². The Balaban J connectivity index is 2.08. The molecule has 0 atom stereocenters. The van der Waals surface area contributed by atoms with E-state index in [1.807, 2.05) is 13.8 Å². The van der Waals surface area contributed by atoms with Gasteiger partial charge in [0, 0.05) is 5.69 Å². The van der Waals surface area contributed by atoms with E-state index >= 15 is 0 Å². The summed E-state index contributed by atoms with van der Waals surface area (Å²) in [6.45, 7) is 7.94. The average molecular weight is 308 g/mol. The van der Waals surface area contributed by atoms with Crippen LogP contribution < -0.4 is 11.1 Å². The molecule has 2 aromatic rings. The molecule has 0 aromatic carbocycles. The van der Waals surface area contributed by atoms with Crippen molar-refractivity contribution in [1.82, 2.24) is 25.7 Å². The first kappa shape index (κ1) is 15.4. The lowest BCUT2D eigenvalue weighted by molar-refractivity contribution is 0.0906. The lowest BCUT2D eigenvalue weighted by Gasteiger charge is -2.22. The van der Waals surface area contributed by atoms with Crippen LogP contribution in [0, 0.1) is 5.92 Å². The van der Waals surface area contributed by atoms with Crippen molar-refractivity contribution in [2.75, 3.05) is 5.73 Å². The van der Waals surface area contributed by atoms with Gasteiger partial charge in [-0.25, -0.2) is 0 Å². The Labute approximate surface area is 127 Å². The molecule has 0 saturated heterocycles. The zero-order chi connectivity index (χ0) is 15.6. The van der Waals surface area contributed by atoms with Gasteiger partial charge in [-0.15, -0.1) is 10.2 Å². The van der Waals surface area contributed by atoms with Crippen molar-refractivity contribution < 1.29 is 4.79 Å². The fourth-order valence-electron chi connectivity index (χ4n) is 1.91. The molecule has 0 aliphatic rings. The second-order valence-corrected chi connectivity index (χ2v) is 6.91. The number of rotatable bonds is 5. The van der Waals surface area contributed by atoms with Crippen LogP contribution in [-0.4, -0.2) is 26.3 Å². The van der Waals surface area contributed by atoms with Gasteiger partial charge in [-0.3, -0.25) is 9.89 Å². The average Bonchev–Trinajstić information content (AvgIpc) is 2.97. The van der Waals surface area contributed by atoms with Gasteiger partial charge in [0.1, 0.15) is 10.7 Å². The molecule has 0 bridgehead atoms. The second-order valence-electron chi connectivity index (χ2n) is 5.90. The number of aromatic nitrogens is 4. The van der Waals surface area contributed by atoms with E-state index in [-0.39, 0.29) is 5.91 Å². The number of aromatic amines is 1. The summed E-state index contributed by atoms with van der Waals surface area (Å²) in [5, 5.41) is 18.6. The summed E-state index contributed by atoms with van der Waals surface area (Å²) in [4.78, 5) is 12.3. The Morgan fingerprint density at radius 2 is 2.19 bits per heavy atom. The van der Waals surface area contributed by atoms with Gasteiger partial charge in [-0.1, -0.05) is 25.2 Å². The van der Waals surface area contributed by atoms with E-state index in [9.17, 15) is 4.79 Å². The highest BCUT2D eigenvalue weighted by Gasteiger charge is 2.28. The van der Waals surface area contributed by atoms with Crippen LogP contribution in [0.5, 0.6) is 0 Å². The maximum absolute atomic E-state index is 12.3. The van der Waals surface area contributed by atoms with E-state index in [4.69, 9.17) is 5.73 Å². The Hall–Kier alpha value is -1.96. The summed E-state index contributed by atoms with van der Waals surface area (Å²) in [6.07, 6.45) is 0.858. The third kappa shape index (κ3) is 3.78. The standard InChI is InChI=1S/C13H20N6OS/c1-7(2)5-8-6-9(17-16-8)10(20)15-13(3,4)11-18-19-12(14)21-11/h6-7H,5H2,1-4H3,(H2,14,19)(H,15,20)(H,16,17). The first-order valence-corrected chi connectivity index (χ1v) is 7.56. The summed E-state index contributed by atoms with van der Waals surface area (Å²) in [5.74, 6) is 0.252. The first-order valence-electron chi connectivity index (χ1n) is 6.74. The van der Waals surface area contributed by atoms with E-state index in [2.05, 4.69) is 39.6 Å². The highest BCUT2D eigenvalue weighted by Crippen LogP contribution is 2.25. The minimum absolute atomic E-state index is 0.250. The lowest BCUT2D eigenvalue weighted by atomic mass is 10.1. The predicted octanol–water partition coefficient (Wildman–Crippen LogP) is 1.71. The monoisotopic (exact) mass is 308 g/mol. The molecule has 0 aliphatic carbocycles. The molecule has 2 rings (SSSR count). The number of anilines is 1. The van der Waals surface area contributed by atoms with Crippen molar-refractivity contribution in [3.63, 3.8) is 0 Å². The number of hydrogen-bond donors (Lipinski definition) is 3. The smallest absolute Gasteiger partial charge is 0.272 e. The first-order chi connectivity index (χ1) is 9.78. The van der Waals surface area contributed by atoms with Crippen LogP contribution in [0.25, 0.3) is 0 Å². The predicted molar refractivity (Wildman–Crippen MR) is 81.9 cm³/mol. The molecule has 0 spiro atoms. The summed E-state index contributed by atoms with van der Waals surface area (Å²) in [7, 11) is 0. The van der Waals surface area contributed by atoms with Crippen molar-refractivity contribution in [3.05, 3.63) is 22.5 Å². The lowest BCUT2D eigenvalue weighted by Crippen LogP contribution is -2.41. The van der Waals surface area contributed by atoms with Crippen LogP contribution in [0.4, 0.5) is 5.13 Å². The molecule has 0 aliphatic heterocycles.